The fourth-order valence-corrected chi connectivity index (χ4v) is 2.56. The average Bonchev–Trinajstić information content (AvgIpc) is 2.55. The Kier molecular flexibility index (Phi) is 3.64. The Morgan fingerprint density at radius 2 is 1.76 bits per heavy atom. The first-order chi connectivity index (χ1) is 7.82. The Balaban J connectivity index is 2.50. The number of benzene rings is 1. The average molecular weight is 340 g/mol. The molecule has 1 aliphatic heterocycles. The summed E-state index contributed by atoms with van der Waals surface area (Å²) < 4.78 is 30.3. The molecule has 0 aromatic heterocycles. The van der Waals surface area contributed by atoms with Gasteiger partial charge in [0.1, 0.15) is 5.69 Å². The molecule has 0 amide bonds. The molecule has 17 heavy (non-hydrogen) atoms. The number of hydrazine groups is 1. The van der Waals surface area contributed by atoms with E-state index in [1.807, 2.05) is 5.59 Å². The molecule has 6 nitrogen and oxygen atoms in total. The number of nitrogens with zero attached hydrogens (tertiary/aromatic N) is 1. The summed E-state index contributed by atoms with van der Waals surface area (Å²) in [4.78, 5) is 0. The van der Waals surface area contributed by atoms with Gasteiger partial charge in [0.25, 0.3) is 0 Å². The van der Waals surface area contributed by atoms with Crippen LogP contribution in [-0.2, 0) is 19.0 Å². The maximum atomic E-state index is 10.9. The van der Waals surface area contributed by atoms with Crippen molar-refractivity contribution in [1.82, 2.24) is 5.59 Å². The van der Waals surface area contributed by atoms with E-state index in [9.17, 15) is 8.42 Å². The van der Waals surface area contributed by atoms with Crippen LogP contribution in [0.15, 0.2) is 6.07 Å². The summed E-state index contributed by atoms with van der Waals surface area (Å²) in [6.45, 7) is 0. The molecule has 0 aliphatic carbocycles. The van der Waals surface area contributed by atoms with Crippen molar-refractivity contribution in [2.75, 3.05) is 5.17 Å². The lowest BCUT2D eigenvalue weighted by molar-refractivity contribution is 0.198. The zero-order valence-corrected chi connectivity index (χ0v) is 11.4. The highest BCUT2D eigenvalue weighted by atomic mass is 35.5. The Morgan fingerprint density at radius 1 is 1.12 bits per heavy atom. The molecule has 2 rings (SSSR count). The highest BCUT2D eigenvalue weighted by molar-refractivity contribution is 7.82. The van der Waals surface area contributed by atoms with E-state index in [0.29, 0.717) is 5.17 Å². The predicted molar refractivity (Wildman–Crippen MR) is 63.2 cm³/mol. The van der Waals surface area contributed by atoms with Crippen LogP contribution in [0.1, 0.15) is 0 Å². The van der Waals surface area contributed by atoms with Crippen LogP contribution in [0.2, 0.25) is 20.1 Å². The van der Waals surface area contributed by atoms with Crippen molar-refractivity contribution >= 4 is 62.5 Å². The third kappa shape index (κ3) is 2.56. The van der Waals surface area contributed by atoms with Crippen molar-refractivity contribution in [3.05, 3.63) is 26.2 Å². The Morgan fingerprint density at radius 3 is 2.29 bits per heavy atom. The second kappa shape index (κ2) is 4.60. The zero-order chi connectivity index (χ0) is 12.8. The second-order valence-electron chi connectivity index (χ2n) is 2.77. The minimum absolute atomic E-state index is 0.00225. The van der Waals surface area contributed by atoms with Gasteiger partial charge in [0.05, 0.1) is 20.1 Å². The predicted octanol–water partition coefficient (Wildman–Crippen LogP) is 2.73. The van der Waals surface area contributed by atoms with Gasteiger partial charge in [-0.15, -0.1) is 13.7 Å². The van der Waals surface area contributed by atoms with Gasteiger partial charge in [0.15, 0.2) is 0 Å². The van der Waals surface area contributed by atoms with Crippen molar-refractivity contribution in [3.63, 3.8) is 0 Å². The van der Waals surface area contributed by atoms with Crippen LogP contribution in [-0.4, -0.2) is 8.42 Å². The van der Waals surface area contributed by atoms with Crippen LogP contribution < -0.4 is 10.8 Å². The minimum atomic E-state index is -4.18. The topological polar surface area (TPSA) is 67.9 Å². The molecule has 1 saturated heterocycles. The van der Waals surface area contributed by atoms with E-state index in [0.717, 1.165) is 0 Å². The molecule has 0 atom stereocenters. The van der Waals surface area contributed by atoms with Gasteiger partial charge in [0.2, 0.25) is 0 Å². The van der Waals surface area contributed by atoms with Crippen LogP contribution in [0.5, 0.6) is 0 Å². The largest absolute Gasteiger partial charge is 0.440 e. The van der Waals surface area contributed by atoms with Crippen LogP contribution in [0.3, 0.4) is 0 Å². The molecule has 1 aromatic rings. The maximum absolute atomic E-state index is 10.9. The molecule has 11 heteroatoms. The summed E-state index contributed by atoms with van der Waals surface area (Å²) >= 11 is 23.2. The monoisotopic (exact) mass is 338 g/mol. The lowest BCUT2D eigenvalue weighted by Crippen LogP contribution is -2.29. The molecular formula is C6H2Cl4N2O4S. The number of hydrogen-bond acceptors (Lipinski definition) is 6. The van der Waals surface area contributed by atoms with Gasteiger partial charge in [-0.25, -0.2) is 0 Å². The Bertz CT molecular complexity index is 578. The molecule has 0 bridgehead atoms. The normalized spacial score (nSPS) is 18.7. The van der Waals surface area contributed by atoms with E-state index < -0.39 is 10.4 Å². The van der Waals surface area contributed by atoms with Gasteiger partial charge in [-0.3, -0.25) is 0 Å². The molecule has 1 aromatic carbocycles. The molecule has 1 aliphatic rings. The van der Waals surface area contributed by atoms with Crippen molar-refractivity contribution in [3.8, 4) is 0 Å². The zero-order valence-electron chi connectivity index (χ0n) is 7.58. The van der Waals surface area contributed by atoms with E-state index in [1.165, 1.54) is 6.07 Å². The quantitative estimate of drug-likeness (QED) is 0.626. The van der Waals surface area contributed by atoms with Crippen molar-refractivity contribution in [2.45, 2.75) is 0 Å². The third-order valence-electron chi connectivity index (χ3n) is 1.68. The Labute approximate surface area is 116 Å². The van der Waals surface area contributed by atoms with Gasteiger partial charge in [-0.2, -0.15) is 8.42 Å². The van der Waals surface area contributed by atoms with Crippen LogP contribution in [0, 0.1) is 0 Å². The highest BCUT2D eigenvalue weighted by Crippen LogP contribution is 2.43. The van der Waals surface area contributed by atoms with Gasteiger partial charge < -0.3 is 0 Å². The van der Waals surface area contributed by atoms with E-state index in [4.69, 9.17) is 46.4 Å². The fraction of sp³-hybridized carbons (Fsp3) is 0. The summed E-state index contributed by atoms with van der Waals surface area (Å²) in [6, 6.07) is 1.28. The molecular weight excluding hydrogens is 338 g/mol. The summed E-state index contributed by atoms with van der Waals surface area (Å²) in [5.41, 5.74) is 1.91. The van der Waals surface area contributed by atoms with Gasteiger partial charge >= 0.3 is 10.4 Å². The van der Waals surface area contributed by atoms with Crippen molar-refractivity contribution in [1.29, 1.82) is 0 Å². The molecule has 94 valence electrons. The lowest BCUT2D eigenvalue weighted by atomic mass is 10.3. The third-order valence-corrected chi connectivity index (χ3v) is 3.83. The van der Waals surface area contributed by atoms with E-state index in [-0.39, 0.29) is 25.8 Å². The molecule has 1 N–H and O–H groups in total. The van der Waals surface area contributed by atoms with E-state index in [2.05, 4.69) is 8.57 Å². The minimum Gasteiger partial charge on any atom is -0.165 e. The number of hydrogen-bond donors (Lipinski definition) is 1. The lowest BCUT2D eigenvalue weighted by Gasteiger charge is -2.15. The highest BCUT2D eigenvalue weighted by Gasteiger charge is 2.32. The second-order valence-corrected chi connectivity index (χ2v) is 5.47. The van der Waals surface area contributed by atoms with Gasteiger partial charge in [0, 0.05) is 0 Å². The van der Waals surface area contributed by atoms with Crippen LogP contribution >= 0.6 is 46.4 Å². The van der Waals surface area contributed by atoms with E-state index in [1.54, 1.807) is 0 Å². The van der Waals surface area contributed by atoms with Crippen LogP contribution in [0.4, 0.5) is 5.69 Å². The maximum Gasteiger partial charge on any atom is 0.440 e. The first kappa shape index (κ1) is 13.4. The number of rotatable bonds is 1. The molecule has 0 spiro atoms. The van der Waals surface area contributed by atoms with Crippen molar-refractivity contribution < 1.29 is 17.0 Å². The van der Waals surface area contributed by atoms with E-state index >= 15 is 0 Å². The molecule has 0 radical (unpaired) electrons. The molecule has 0 saturated carbocycles. The smallest absolute Gasteiger partial charge is 0.165 e. The molecule has 1 fully saturated rings. The first-order valence-electron chi connectivity index (χ1n) is 3.83. The van der Waals surface area contributed by atoms with Gasteiger partial charge in [-0.1, -0.05) is 52.0 Å². The summed E-state index contributed by atoms with van der Waals surface area (Å²) in [5.74, 6) is 0. The fourth-order valence-electron chi connectivity index (χ4n) is 1.03. The summed E-state index contributed by atoms with van der Waals surface area (Å²) in [5, 5.41) is 0.674. The van der Waals surface area contributed by atoms with Gasteiger partial charge in [-0.05, 0) is 6.07 Å². The first-order valence-corrected chi connectivity index (χ1v) is 6.68. The SMILES string of the molecule is O=S1(=O)ONN(c2c(Cl)cc(Cl)c(Cl)c2Cl)O1. The standard InChI is InChI=1S/C6H2Cl4N2O4S/c7-2-1-3(8)6(5(10)4(2)9)12-11-15-17(13,14)16-12/h1,11H. The number of halogens is 4. The Hall–Kier alpha value is 0.01000. The number of anilines is 1. The van der Waals surface area contributed by atoms with Crippen molar-refractivity contribution in [2.24, 2.45) is 0 Å². The van der Waals surface area contributed by atoms with Crippen LogP contribution in [0.25, 0.3) is 0 Å². The molecule has 0 unspecified atom stereocenters. The summed E-state index contributed by atoms with van der Waals surface area (Å²) in [7, 11) is -4.18. The molecule has 1 heterocycles. The number of nitrogens with one attached hydrogen (secondary N) is 1. The summed E-state index contributed by atoms with van der Waals surface area (Å²) in [6.07, 6.45) is 0.